The molecule has 0 saturated heterocycles. The second-order valence-corrected chi connectivity index (χ2v) is 8.40. The summed E-state index contributed by atoms with van der Waals surface area (Å²) in [6.45, 7) is 2.59. The van der Waals surface area contributed by atoms with E-state index in [4.69, 9.17) is 0 Å². The third-order valence-electron chi connectivity index (χ3n) is 3.46. The number of sulfonamides is 1. The van der Waals surface area contributed by atoms with Crippen LogP contribution in [0.2, 0.25) is 0 Å². The van der Waals surface area contributed by atoms with Crippen LogP contribution in [0.15, 0.2) is 59.2 Å². The molecule has 3 aromatic rings. The molecule has 3 aromatic heterocycles. The zero-order chi connectivity index (χ0) is 17.7. The van der Waals surface area contributed by atoms with Crippen molar-refractivity contribution in [2.24, 2.45) is 0 Å². The zero-order valence-corrected chi connectivity index (χ0v) is 15.3. The first-order valence-corrected chi connectivity index (χ1v) is 10.1. The summed E-state index contributed by atoms with van der Waals surface area (Å²) in [6.07, 6.45) is 5.82. The van der Waals surface area contributed by atoms with E-state index < -0.39 is 10.0 Å². The fourth-order valence-electron chi connectivity index (χ4n) is 2.15. The van der Waals surface area contributed by atoms with Crippen LogP contribution in [0.4, 0.5) is 11.5 Å². The highest BCUT2D eigenvalue weighted by atomic mass is 32.2. The maximum absolute atomic E-state index is 12.4. The van der Waals surface area contributed by atoms with Crippen LogP contribution in [0.3, 0.4) is 0 Å². The van der Waals surface area contributed by atoms with E-state index in [2.05, 4.69) is 20.0 Å². The smallest absolute Gasteiger partial charge is 0.271 e. The van der Waals surface area contributed by atoms with E-state index in [0.717, 1.165) is 16.9 Å². The van der Waals surface area contributed by atoms with Gasteiger partial charge >= 0.3 is 0 Å². The molecule has 3 heterocycles. The van der Waals surface area contributed by atoms with Crippen LogP contribution in [0.1, 0.15) is 17.4 Å². The Morgan fingerprint density at radius 1 is 1.12 bits per heavy atom. The molecule has 0 bridgehead atoms. The number of hydrogen-bond donors (Lipinski definition) is 2. The molecular weight excluding hydrogens is 356 g/mol. The summed E-state index contributed by atoms with van der Waals surface area (Å²) >= 11 is 1.28. The average Bonchev–Trinajstić information content (AvgIpc) is 3.12. The molecular formula is C17H18N4O2S2. The Morgan fingerprint density at radius 2 is 2.00 bits per heavy atom. The fraction of sp³-hybridized carbons (Fsp3) is 0.176. The van der Waals surface area contributed by atoms with Crippen molar-refractivity contribution in [1.82, 2.24) is 9.97 Å². The number of pyridine rings is 2. The first-order chi connectivity index (χ1) is 12.1. The van der Waals surface area contributed by atoms with Crippen LogP contribution < -0.4 is 10.0 Å². The molecule has 0 amide bonds. The van der Waals surface area contributed by atoms with Crippen molar-refractivity contribution < 1.29 is 8.42 Å². The van der Waals surface area contributed by atoms with Gasteiger partial charge < -0.3 is 5.32 Å². The number of anilines is 2. The lowest BCUT2D eigenvalue weighted by molar-refractivity contribution is 0.603. The van der Waals surface area contributed by atoms with E-state index in [1.807, 2.05) is 25.1 Å². The molecule has 8 heteroatoms. The largest absolute Gasteiger partial charge is 0.366 e. The van der Waals surface area contributed by atoms with E-state index >= 15 is 0 Å². The molecule has 0 spiro atoms. The lowest BCUT2D eigenvalue weighted by Crippen LogP contribution is -2.11. The van der Waals surface area contributed by atoms with Crippen molar-refractivity contribution in [3.05, 3.63) is 65.4 Å². The van der Waals surface area contributed by atoms with Crippen LogP contribution in [0, 0.1) is 0 Å². The molecule has 130 valence electrons. The van der Waals surface area contributed by atoms with Gasteiger partial charge in [0, 0.05) is 23.8 Å². The quantitative estimate of drug-likeness (QED) is 0.661. The van der Waals surface area contributed by atoms with Gasteiger partial charge in [-0.1, -0.05) is 13.0 Å². The van der Waals surface area contributed by atoms with Crippen molar-refractivity contribution >= 4 is 32.9 Å². The highest BCUT2D eigenvalue weighted by Gasteiger charge is 2.16. The van der Waals surface area contributed by atoms with Crippen molar-refractivity contribution in [3.63, 3.8) is 0 Å². The lowest BCUT2D eigenvalue weighted by Gasteiger charge is -2.08. The van der Waals surface area contributed by atoms with Gasteiger partial charge in [-0.05, 0) is 42.3 Å². The summed E-state index contributed by atoms with van der Waals surface area (Å²) < 4.78 is 27.6. The summed E-state index contributed by atoms with van der Waals surface area (Å²) in [4.78, 5) is 9.33. The Labute approximate surface area is 151 Å². The van der Waals surface area contributed by atoms with E-state index in [0.29, 0.717) is 22.3 Å². The van der Waals surface area contributed by atoms with Gasteiger partial charge in [-0.2, -0.15) is 0 Å². The monoisotopic (exact) mass is 374 g/mol. The molecule has 0 atom stereocenters. The molecule has 0 fully saturated rings. The molecule has 0 saturated carbocycles. The van der Waals surface area contributed by atoms with Gasteiger partial charge in [-0.3, -0.25) is 9.71 Å². The van der Waals surface area contributed by atoms with Gasteiger partial charge in [0.15, 0.2) is 0 Å². The third kappa shape index (κ3) is 4.55. The predicted octanol–water partition coefficient (Wildman–Crippen LogP) is 3.51. The molecule has 2 N–H and O–H groups in total. The van der Waals surface area contributed by atoms with Crippen molar-refractivity contribution in [1.29, 1.82) is 0 Å². The maximum Gasteiger partial charge on any atom is 0.271 e. The van der Waals surface area contributed by atoms with Gasteiger partial charge in [0.05, 0.1) is 11.9 Å². The Morgan fingerprint density at radius 3 is 2.64 bits per heavy atom. The molecule has 0 aliphatic heterocycles. The number of nitrogens with one attached hydrogen (secondary N) is 2. The van der Waals surface area contributed by atoms with E-state index in [9.17, 15) is 8.42 Å². The summed E-state index contributed by atoms with van der Waals surface area (Å²) in [5.41, 5.74) is 1.47. The minimum Gasteiger partial charge on any atom is -0.366 e. The molecule has 0 unspecified atom stereocenters. The molecule has 0 radical (unpaired) electrons. The second-order valence-electron chi connectivity index (χ2n) is 5.33. The molecule has 25 heavy (non-hydrogen) atoms. The Bertz CT molecular complexity index is 923. The minimum atomic E-state index is -3.57. The second kappa shape index (κ2) is 7.62. The van der Waals surface area contributed by atoms with Crippen molar-refractivity contribution in [3.8, 4) is 0 Å². The molecule has 0 aromatic carbocycles. The number of aromatic nitrogens is 2. The van der Waals surface area contributed by atoms with Crippen LogP contribution in [-0.2, 0) is 23.0 Å². The highest BCUT2D eigenvalue weighted by Crippen LogP contribution is 2.24. The third-order valence-corrected chi connectivity index (χ3v) is 6.57. The SMILES string of the molecule is CCc1ccc(S(=O)(=O)Nc2ccc(NCc3cccnc3)nc2)s1. The van der Waals surface area contributed by atoms with Gasteiger partial charge in [0.2, 0.25) is 0 Å². The summed E-state index contributed by atoms with van der Waals surface area (Å²) in [5, 5.41) is 3.17. The fourth-order valence-corrected chi connectivity index (χ4v) is 4.49. The van der Waals surface area contributed by atoms with Gasteiger partial charge in [-0.15, -0.1) is 11.3 Å². The Hall–Kier alpha value is -2.45. The van der Waals surface area contributed by atoms with Gasteiger partial charge in [0.1, 0.15) is 10.0 Å². The summed E-state index contributed by atoms with van der Waals surface area (Å²) in [5.74, 6) is 0.663. The maximum atomic E-state index is 12.4. The molecule has 6 nitrogen and oxygen atoms in total. The Kier molecular flexibility index (Phi) is 5.30. The standard InChI is InChI=1S/C17H18N4O2S2/c1-2-15-6-8-17(24-15)25(22,23)21-14-5-7-16(20-12-14)19-11-13-4-3-9-18-10-13/h3-10,12,21H,2,11H2,1H3,(H,19,20). The van der Waals surface area contributed by atoms with Gasteiger partial charge in [0.25, 0.3) is 10.0 Å². The number of nitrogens with zero attached hydrogens (tertiary/aromatic N) is 2. The average molecular weight is 374 g/mol. The van der Waals surface area contributed by atoms with E-state index in [1.54, 1.807) is 30.6 Å². The lowest BCUT2D eigenvalue weighted by atomic mass is 10.3. The first kappa shape index (κ1) is 17.4. The summed E-state index contributed by atoms with van der Waals surface area (Å²) in [6, 6.07) is 10.7. The first-order valence-electron chi connectivity index (χ1n) is 7.77. The normalized spacial score (nSPS) is 11.2. The number of aryl methyl sites for hydroxylation is 1. The topological polar surface area (TPSA) is 84.0 Å². The Balaban J connectivity index is 1.64. The summed E-state index contributed by atoms with van der Waals surface area (Å²) in [7, 11) is -3.57. The van der Waals surface area contributed by atoms with Crippen LogP contribution in [0.25, 0.3) is 0 Å². The number of rotatable bonds is 7. The van der Waals surface area contributed by atoms with Crippen LogP contribution >= 0.6 is 11.3 Å². The van der Waals surface area contributed by atoms with Gasteiger partial charge in [-0.25, -0.2) is 13.4 Å². The van der Waals surface area contributed by atoms with Crippen molar-refractivity contribution in [2.75, 3.05) is 10.0 Å². The number of hydrogen-bond acceptors (Lipinski definition) is 6. The van der Waals surface area contributed by atoms with Crippen LogP contribution in [0.5, 0.6) is 0 Å². The highest BCUT2D eigenvalue weighted by molar-refractivity contribution is 7.94. The predicted molar refractivity (Wildman–Crippen MR) is 100 cm³/mol. The minimum absolute atomic E-state index is 0.308. The van der Waals surface area contributed by atoms with Crippen molar-refractivity contribution in [2.45, 2.75) is 24.1 Å². The molecule has 0 aliphatic rings. The van der Waals surface area contributed by atoms with E-state index in [1.165, 1.54) is 17.5 Å². The molecule has 0 aliphatic carbocycles. The van der Waals surface area contributed by atoms with E-state index in [-0.39, 0.29) is 0 Å². The molecule has 3 rings (SSSR count). The zero-order valence-electron chi connectivity index (χ0n) is 13.6. The van der Waals surface area contributed by atoms with Crippen LogP contribution in [-0.4, -0.2) is 18.4 Å². The number of thiophene rings is 1.